The Hall–Kier alpha value is -2.22. The van der Waals surface area contributed by atoms with Crippen LogP contribution in [0.3, 0.4) is 0 Å². The van der Waals surface area contributed by atoms with Crippen LogP contribution in [0.15, 0.2) is 30.3 Å². The van der Waals surface area contributed by atoms with E-state index in [2.05, 4.69) is 10.6 Å². The maximum atomic E-state index is 11.9. The quantitative estimate of drug-likeness (QED) is 0.573. The monoisotopic (exact) mass is 340 g/mol. The van der Waals surface area contributed by atoms with E-state index >= 15 is 0 Å². The Kier molecular flexibility index (Phi) is 8.59. The molecule has 1 atom stereocenters. The van der Waals surface area contributed by atoms with Crippen molar-refractivity contribution in [3.63, 3.8) is 0 Å². The second-order valence-electron chi connectivity index (χ2n) is 4.61. The molecule has 0 saturated heterocycles. The SMILES string of the molecule is CSCCC(NC(=O)COc1ccccc1)C(=O)NCC(=O)O. The molecular weight excluding hydrogens is 320 g/mol. The standard InChI is InChI=1S/C15H20N2O5S/c1-23-8-7-12(15(21)16-9-14(19)20)17-13(18)10-22-11-5-3-2-4-6-11/h2-6,12H,7-10H2,1H3,(H,16,21)(H,17,18)(H,19,20). The molecule has 3 N–H and O–H groups in total. The van der Waals surface area contributed by atoms with Gasteiger partial charge in [-0.05, 0) is 30.6 Å². The molecule has 0 fully saturated rings. The molecule has 126 valence electrons. The molecule has 0 aliphatic heterocycles. The van der Waals surface area contributed by atoms with Crippen molar-refractivity contribution in [2.24, 2.45) is 0 Å². The summed E-state index contributed by atoms with van der Waals surface area (Å²) in [4.78, 5) is 34.3. The predicted octanol–water partition coefficient (Wildman–Crippen LogP) is 0.504. The van der Waals surface area contributed by atoms with E-state index in [0.29, 0.717) is 17.9 Å². The molecule has 2 amide bonds. The number of thioether (sulfide) groups is 1. The zero-order chi connectivity index (χ0) is 17.1. The third kappa shape index (κ3) is 8.10. The zero-order valence-corrected chi connectivity index (χ0v) is 13.6. The summed E-state index contributed by atoms with van der Waals surface area (Å²) in [5.74, 6) is -0.885. The van der Waals surface area contributed by atoms with Crippen LogP contribution in [0.5, 0.6) is 5.75 Å². The van der Waals surface area contributed by atoms with E-state index in [-0.39, 0.29) is 6.61 Å². The van der Waals surface area contributed by atoms with Crippen LogP contribution >= 0.6 is 11.8 Å². The van der Waals surface area contributed by atoms with Crippen molar-refractivity contribution in [3.8, 4) is 5.75 Å². The molecule has 0 radical (unpaired) electrons. The van der Waals surface area contributed by atoms with Crippen molar-refractivity contribution >= 4 is 29.5 Å². The first kappa shape index (κ1) is 18.8. The molecule has 0 bridgehead atoms. The van der Waals surface area contributed by atoms with Crippen molar-refractivity contribution < 1.29 is 24.2 Å². The number of rotatable bonds is 10. The molecule has 0 saturated carbocycles. The summed E-state index contributed by atoms with van der Waals surface area (Å²) >= 11 is 1.53. The van der Waals surface area contributed by atoms with Crippen molar-refractivity contribution in [2.75, 3.05) is 25.2 Å². The lowest BCUT2D eigenvalue weighted by Crippen LogP contribution is -2.49. The van der Waals surface area contributed by atoms with Crippen LogP contribution in [0.2, 0.25) is 0 Å². The van der Waals surface area contributed by atoms with Gasteiger partial charge in [0.25, 0.3) is 5.91 Å². The van der Waals surface area contributed by atoms with Crippen LogP contribution in [-0.2, 0) is 14.4 Å². The summed E-state index contributed by atoms with van der Waals surface area (Å²) < 4.78 is 5.31. The molecule has 1 unspecified atom stereocenters. The maximum absolute atomic E-state index is 11.9. The van der Waals surface area contributed by atoms with Gasteiger partial charge in [-0.15, -0.1) is 0 Å². The molecule has 0 spiro atoms. The summed E-state index contributed by atoms with van der Waals surface area (Å²) in [6.07, 6.45) is 2.29. The highest BCUT2D eigenvalue weighted by atomic mass is 32.2. The second kappa shape index (κ2) is 10.5. The van der Waals surface area contributed by atoms with Crippen molar-refractivity contribution in [2.45, 2.75) is 12.5 Å². The number of carbonyl (C=O) groups excluding carboxylic acids is 2. The highest BCUT2D eigenvalue weighted by molar-refractivity contribution is 7.98. The van der Waals surface area contributed by atoms with Crippen LogP contribution < -0.4 is 15.4 Å². The van der Waals surface area contributed by atoms with Gasteiger partial charge in [-0.3, -0.25) is 14.4 Å². The molecular formula is C15H20N2O5S. The first-order valence-corrected chi connectivity index (χ1v) is 8.38. The van der Waals surface area contributed by atoms with Gasteiger partial charge in [-0.2, -0.15) is 11.8 Å². The van der Waals surface area contributed by atoms with Gasteiger partial charge in [0, 0.05) is 0 Å². The number of benzene rings is 1. The molecule has 1 rings (SSSR count). The Morgan fingerprint density at radius 2 is 1.96 bits per heavy atom. The van der Waals surface area contributed by atoms with Gasteiger partial charge < -0.3 is 20.5 Å². The average molecular weight is 340 g/mol. The minimum Gasteiger partial charge on any atom is -0.484 e. The van der Waals surface area contributed by atoms with Crippen LogP contribution in [-0.4, -0.2) is 54.1 Å². The fourth-order valence-electron chi connectivity index (χ4n) is 1.69. The summed E-state index contributed by atoms with van der Waals surface area (Å²) in [6, 6.07) is 8.06. The van der Waals surface area contributed by atoms with Gasteiger partial charge in [0.05, 0.1) is 0 Å². The average Bonchev–Trinajstić information content (AvgIpc) is 2.55. The van der Waals surface area contributed by atoms with Gasteiger partial charge >= 0.3 is 5.97 Å². The minimum absolute atomic E-state index is 0.216. The number of para-hydroxylation sites is 1. The Morgan fingerprint density at radius 3 is 2.57 bits per heavy atom. The van der Waals surface area contributed by atoms with E-state index in [1.54, 1.807) is 24.3 Å². The highest BCUT2D eigenvalue weighted by Gasteiger charge is 2.21. The van der Waals surface area contributed by atoms with Gasteiger partial charge in [0.15, 0.2) is 6.61 Å². The first-order valence-electron chi connectivity index (χ1n) is 6.98. The Bertz CT molecular complexity index is 524. The van der Waals surface area contributed by atoms with Crippen molar-refractivity contribution in [3.05, 3.63) is 30.3 Å². The Labute approximate surface area is 138 Å². The zero-order valence-electron chi connectivity index (χ0n) is 12.8. The number of aliphatic carboxylic acids is 1. The normalized spacial score (nSPS) is 11.3. The number of amides is 2. The largest absolute Gasteiger partial charge is 0.484 e. The molecule has 0 aliphatic carbocycles. The smallest absolute Gasteiger partial charge is 0.322 e. The number of carboxylic acid groups (broad SMARTS) is 1. The molecule has 0 aromatic heterocycles. The Morgan fingerprint density at radius 1 is 1.26 bits per heavy atom. The second-order valence-corrected chi connectivity index (χ2v) is 5.60. The van der Waals surface area contributed by atoms with Gasteiger partial charge in [0.1, 0.15) is 18.3 Å². The van der Waals surface area contributed by atoms with Crippen LogP contribution in [0.1, 0.15) is 6.42 Å². The maximum Gasteiger partial charge on any atom is 0.322 e. The van der Waals surface area contributed by atoms with E-state index in [1.165, 1.54) is 11.8 Å². The van der Waals surface area contributed by atoms with E-state index in [4.69, 9.17) is 9.84 Å². The molecule has 23 heavy (non-hydrogen) atoms. The van der Waals surface area contributed by atoms with Gasteiger partial charge in [0.2, 0.25) is 5.91 Å². The third-order valence-electron chi connectivity index (χ3n) is 2.79. The number of carboxylic acids is 1. The summed E-state index contributed by atoms with van der Waals surface area (Å²) in [6.45, 7) is -0.697. The van der Waals surface area contributed by atoms with Crippen LogP contribution in [0, 0.1) is 0 Å². The minimum atomic E-state index is -1.14. The van der Waals surface area contributed by atoms with Crippen LogP contribution in [0.4, 0.5) is 0 Å². The number of nitrogens with one attached hydrogen (secondary N) is 2. The van der Waals surface area contributed by atoms with Gasteiger partial charge in [-0.1, -0.05) is 18.2 Å². The van der Waals surface area contributed by atoms with E-state index in [0.717, 1.165) is 0 Å². The fourth-order valence-corrected chi connectivity index (χ4v) is 2.16. The summed E-state index contributed by atoms with van der Waals surface area (Å²) in [5.41, 5.74) is 0. The summed E-state index contributed by atoms with van der Waals surface area (Å²) in [7, 11) is 0. The molecule has 0 aliphatic rings. The third-order valence-corrected chi connectivity index (χ3v) is 3.43. The van der Waals surface area contributed by atoms with Gasteiger partial charge in [-0.25, -0.2) is 0 Å². The number of carbonyl (C=O) groups is 3. The number of ether oxygens (including phenoxy) is 1. The molecule has 0 heterocycles. The lowest BCUT2D eigenvalue weighted by molar-refractivity contribution is -0.138. The topological polar surface area (TPSA) is 105 Å². The molecule has 1 aromatic rings. The number of hydrogen-bond acceptors (Lipinski definition) is 5. The summed E-state index contributed by atoms with van der Waals surface area (Å²) in [5, 5.41) is 13.4. The van der Waals surface area contributed by atoms with E-state index in [9.17, 15) is 14.4 Å². The van der Waals surface area contributed by atoms with Crippen molar-refractivity contribution in [1.29, 1.82) is 0 Å². The van der Waals surface area contributed by atoms with E-state index < -0.39 is 30.4 Å². The first-order chi connectivity index (χ1) is 11.0. The predicted molar refractivity (Wildman–Crippen MR) is 87.5 cm³/mol. The van der Waals surface area contributed by atoms with Crippen LogP contribution in [0.25, 0.3) is 0 Å². The van der Waals surface area contributed by atoms with Crippen molar-refractivity contribution in [1.82, 2.24) is 10.6 Å². The lowest BCUT2D eigenvalue weighted by Gasteiger charge is -2.17. The number of hydrogen-bond donors (Lipinski definition) is 3. The molecule has 7 nitrogen and oxygen atoms in total. The Balaban J connectivity index is 2.49. The molecule has 1 aromatic carbocycles. The van der Waals surface area contributed by atoms with E-state index in [1.807, 2.05) is 12.3 Å². The molecule has 8 heteroatoms. The fraction of sp³-hybridized carbons (Fsp3) is 0.400. The lowest BCUT2D eigenvalue weighted by atomic mass is 10.2. The highest BCUT2D eigenvalue weighted by Crippen LogP contribution is 2.08.